The van der Waals surface area contributed by atoms with Crippen LogP contribution in [0, 0.1) is 0 Å². The van der Waals surface area contributed by atoms with E-state index in [0.29, 0.717) is 17.3 Å². The van der Waals surface area contributed by atoms with Gasteiger partial charge in [0.1, 0.15) is 12.4 Å². The Morgan fingerprint density at radius 3 is 2.65 bits per heavy atom. The number of halogens is 2. The monoisotopic (exact) mass is 311 g/mol. The number of benzene rings is 2. The Kier molecular flexibility index (Phi) is 3.92. The third kappa shape index (κ3) is 3.14. The Morgan fingerprint density at radius 1 is 1.18 bits per heavy atom. The van der Waals surface area contributed by atoms with Crippen molar-refractivity contribution in [2.45, 2.75) is 6.61 Å². The smallest absolute Gasteiger partial charge is 0.134 e. The van der Waals surface area contributed by atoms with E-state index in [0.717, 1.165) is 15.8 Å². The minimum atomic E-state index is 0.433. The zero-order chi connectivity index (χ0) is 12.3. The second-order valence-electron chi connectivity index (χ2n) is 3.57. The van der Waals surface area contributed by atoms with Crippen molar-refractivity contribution in [1.29, 1.82) is 0 Å². The molecule has 0 aliphatic carbocycles. The van der Waals surface area contributed by atoms with E-state index in [9.17, 15) is 0 Å². The van der Waals surface area contributed by atoms with Crippen LogP contribution in [0.4, 0.5) is 5.69 Å². The molecule has 17 heavy (non-hydrogen) atoms. The quantitative estimate of drug-likeness (QED) is 0.859. The molecule has 0 spiro atoms. The maximum atomic E-state index is 6.04. The SMILES string of the molecule is Nc1ccc(OCc2ccccc2Cl)c(Br)c1. The molecule has 0 aromatic heterocycles. The van der Waals surface area contributed by atoms with Crippen LogP contribution in [0.15, 0.2) is 46.9 Å². The first-order valence-corrected chi connectivity index (χ1v) is 6.25. The van der Waals surface area contributed by atoms with Gasteiger partial charge in [0, 0.05) is 16.3 Å². The van der Waals surface area contributed by atoms with E-state index < -0.39 is 0 Å². The van der Waals surface area contributed by atoms with Gasteiger partial charge in [-0.2, -0.15) is 0 Å². The van der Waals surface area contributed by atoms with Gasteiger partial charge in [0.2, 0.25) is 0 Å². The molecule has 0 bridgehead atoms. The predicted molar refractivity (Wildman–Crippen MR) is 74.3 cm³/mol. The van der Waals surface area contributed by atoms with Crippen LogP contribution in [-0.2, 0) is 6.61 Å². The first kappa shape index (κ1) is 12.3. The first-order chi connectivity index (χ1) is 8.16. The van der Waals surface area contributed by atoms with E-state index in [1.807, 2.05) is 36.4 Å². The van der Waals surface area contributed by atoms with Crippen LogP contribution in [0.2, 0.25) is 5.02 Å². The highest BCUT2D eigenvalue weighted by Crippen LogP contribution is 2.28. The highest BCUT2D eigenvalue weighted by molar-refractivity contribution is 9.10. The summed E-state index contributed by atoms with van der Waals surface area (Å²) in [5.74, 6) is 0.749. The fourth-order valence-corrected chi connectivity index (χ4v) is 2.11. The number of hydrogen-bond acceptors (Lipinski definition) is 2. The van der Waals surface area contributed by atoms with Gasteiger partial charge in [0.25, 0.3) is 0 Å². The third-order valence-electron chi connectivity index (χ3n) is 2.30. The number of rotatable bonds is 3. The fraction of sp³-hybridized carbons (Fsp3) is 0.0769. The predicted octanol–water partition coefficient (Wildman–Crippen LogP) is 4.26. The Morgan fingerprint density at radius 2 is 1.94 bits per heavy atom. The van der Waals surface area contributed by atoms with Crippen molar-refractivity contribution in [3.05, 3.63) is 57.5 Å². The lowest BCUT2D eigenvalue weighted by molar-refractivity contribution is 0.304. The van der Waals surface area contributed by atoms with E-state index in [1.54, 1.807) is 6.07 Å². The summed E-state index contributed by atoms with van der Waals surface area (Å²) in [6.45, 7) is 0.433. The highest BCUT2D eigenvalue weighted by Gasteiger charge is 2.03. The molecule has 2 N–H and O–H groups in total. The Balaban J connectivity index is 2.10. The van der Waals surface area contributed by atoms with E-state index in [1.165, 1.54) is 0 Å². The minimum Gasteiger partial charge on any atom is -0.488 e. The Hall–Kier alpha value is -1.19. The topological polar surface area (TPSA) is 35.2 Å². The Bertz CT molecular complexity index is 531. The van der Waals surface area contributed by atoms with Crippen molar-refractivity contribution in [3.63, 3.8) is 0 Å². The Labute approximate surface area is 113 Å². The molecular formula is C13H11BrClNO. The summed E-state index contributed by atoms with van der Waals surface area (Å²) >= 11 is 9.44. The van der Waals surface area contributed by atoms with Crippen molar-refractivity contribution in [3.8, 4) is 5.75 Å². The number of hydrogen-bond donors (Lipinski definition) is 1. The van der Waals surface area contributed by atoms with Crippen molar-refractivity contribution >= 4 is 33.2 Å². The highest BCUT2D eigenvalue weighted by atomic mass is 79.9. The molecule has 2 aromatic rings. The third-order valence-corrected chi connectivity index (χ3v) is 3.29. The van der Waals surface area contributed by atoms with Gasteiger partial charge in [0.15, 0.2) is 0 Å². The lowest BCUT2D eigenvalue weighted by atomic mass is 10.2. The summed E-state index contributed by atoms with van der Waals surface area (Å²) in [6, 6.07) is 13.0. The molecule has 2 rings (SSSR count). The van der Waals surface area contributed by atoms with Gasteiger partial charge in [-0.3, -0.25) is 0 Å². The average Bonchev–Trinajstić information content (AvgIpc) is 2.30. The second kappa shape index (κ2) is 5.43. The largest absolute Gasteiger partial charge is 0.488 e. The van der Waals surface area contributed by atoms with E-state index in [-0.39, 0.29) is 0 Å². The second-order valence-corrected chi connectivity index (χ2v) is 4.83. The molecule has 0 radical (unpaired) electrons. The number of nitrogen functional groups attached to an aromatic ring is 1. The van der Waals surface area contributed by atoms with Gasteiger partial charge in [0.05, 0.1) is 4.47 Å². The molecule has 0 amide bonds. The first-order valence-electron chi connectivity index (χ1n) is 5.08. The van der Waals surface area contributed by atoms with Gasteiger partial charge in [-0.05, 0) is 40.2 Å². The molecule has 0 aliphatic heterocycles. The van der Waals surface area contributed by atoms with E-state index in [4.69, 9.17) is 22.1 Å². The maximum absolute atomic E-state index is 6.04. The summed E-state index contributed by atoms with van der Waals surface area (Å²) in [5, 5.41) is 0.707. The normalized spacial score (nSPS) is 10.2. The molecule has 0 saturated heterocycles. The van der Waals surface area contributed by atoms with E-state index >= 15 is 0 Å². The van der Waals surface area contributed by atoms with Crippen LogP contribution < -0.4 is 10.5 Å². The lowest BCUT2D eigenvalue weighted by Gasteiger charge is -2.09. The molecule has 2 nitrogen and oxygen atoms in total. The molecule has 4 heteroatoms. The van der Waals surface area contributed by atoms with Gasteiger partial charge < -0.3 is 10.5 Å². The van der Waals surface area contributed by atoms with Crippen LogP contribution in [0.5, 0.6) is 5.75 Å². The zero-order valence-electron chi connectivity index (χ0n) is 8.99. The molecule has 2 aromatic carbocycles. The molecule has 0 aliphatic rings. The van der Waals surface area contributed by atoms with Crippen LogP contribution in [0.3, 0.4) is 0 Å². The van der Waals surface area contributed by atoms with Crippen LogP contribution in [0.1, 0.15) is 5.56 Å². The molecule has 0 unspecified atom stereocenters. The van der Waals surface area contributed by atoms with Crippen molar-refractivity contribution < 1.29 is 4.74 Å². The molecule has 0 saturated carbocycles. The molecule has 0 atom stereocenters. The molecular weight excluding hydrogens is 302 g/mol. The summed E-state index contributed by atoms with van der Waals surface area (Å²) < 4.78 is 6.51. The molecule has 0 fully saturated rings. The number of ether oxygens (including phenoxy) is 1. The molecule has 88 valence electrons. The van der Waals surface area contributed by atoms with Crippen molar-refractivity contribution in [2.75, 3.05) is 5.73 Å². The average molecular weight is 313 g/mol. The maximum Gasteiger partial charge on any atom is 0.134 e. The van der Waals surface area contributed by atoms with Crippen LogP contribution >= 0.6 is 27.5 Å². The van der Waals surface area contributed by atoms with Crippen LogP contribution in [-0.4, -0.2) is 0 Å². The number of anilines is 1. The fourth-order valence-electron chi connectivity index (χ4n) is 1.41. The van der Waals surface area contributed by atoms with Gasteiger partial charge in [-0.25, -0.2) is 0 Å². The minimum absolute atomic E-state index is 0.433. The van der Waals surface area contributed by atoms with E-state index in [2.05, 4.69) is 15.9 Å². The van der Waals surface area contributed by atoms with Gasteiger partial charge in [-0.1, -0.05) is 29.8 Å². The van der Waals surface area contributed by atoms with Crippen molar-refractivity contribution in [2.24, 2.45) is 0 Å². The summed E-state index contributed by atoms with van der Waals surface area (Å²) in [4.78, 5) is 0. The summed E-state index contributed by atoms with van der Waals surface area (Å²) in [5.41, 5.74) is 7.30. The lowest BCUT2D eigenvalue weighted by Crippen LogP contribution is -1.97. The van der Waals surface area contributed by atoms with Gasteiger partial charge >= 0.3 is 0 Å². The standard InChI is InChI=1S/C13H11BrClNO/c14-11-7-10(16)5-6-13(11)17-8-9-3-1-2-4-12(9)15/h1-7H,8,16H2. The zero-order valence-corrected chi connectivity index (χ0v) is 11.3. The van der Waals surface area contributed by atoms with Crippen LogP contribution in [0.25, 0.3) is 0 Å². The molecule has 0 heterocycles. The number of nitrogens with two attached hydrogens (primary N) is 1. The summed E-state index contributed by atoms with van der Waals surface area (Å²) in [7, 11) is 0. The summed E-state index contributed by atoms with van der Waals surface area (Å²) in [6.07, 6.45) is 0. The van der Waals surface area contributed by atoms with Gasteiger partial charge in [-0.15, -0.1) is 0 Å². The van der Waals surface area contributed by atoms with Crippen molar-refractivity contribution in [1.82, 2.24) is 0 Å².